The lowest BCUT2D eigenvalue weighted by Gasteiger charge is -2.33. The lowest BCUT2D eigenvalue weighted by Crippen LogP contribution is -2.45. The number of para-hydroxylation sites is 1. The van der Waals surface area contributed by atoms with Crippen molar-refractivity contribution in [2.45, 2.75) is 47.8 Å². The van der Waals surface area contributed by atoms with Crippen LogP contribution in [0.5, 0.6) is 0 Å². The Labute approximate surface area is 183 Å². The summed E-state index contributed by atoms with van der Waals surface area (Å²) in [7, 11) is -3.77. The molecule has 6 nitrogen and oxygen atoms in total. The molecule has 0 amide bonds. The van der Waals surface area contributed by atoms with Crippen molar-refractivity contribution in [3.05, 3.63) is 59.9 Å². The summed E-state index contributed by atoms with van der Waals surface area (Å²) in [5, 5.41) is 11.2. The van der Waals surface area contributed by atoms with Crippen LogP contribution in [0.3, 0.4) is 0 Å². The van der Waals surface area contributed by atoms with Crippen LogP contribution >= 0.6 is 11.8 Å². The SMILES string of the molecule is O=C(O)Cn1c2c(c3ccccc31)CC(N(C1CC1)S(=O)(=O)c1ccc(F)cc1)CS2. The number of hydrogen-bond donors (Lipinski definition) is 1. The van der Waals surface area contributed by atoms with E-state index >= 15 is 0 Å². The molecule has 1 aliphatic carbocycles. The van der Waals surface area contributed by atoms with Crippen LogP contribution in [-0.2, 0) is 27.8 Å². The van der Waals surface area contributed by atoms with Gasteiger partial charge in [0.15, 0.2) is 0 Å². The minimum absolute atomic E-state index is 0.0467. The average molecular weight is 461 g/mol. The summed E-state index contributed by atoms with van der Waals surface area (Å²) in [6.45, 7) is -0.131. The molecule has 0 spiro atoms. The first-order valence-corrected chi connectivity index (χ1v) is 12.5. The van der Waals surface area contributed by atoms with Gasteiger partial charge in [0.05, 0.1) is 9.92 Å². The minimum Gasteiger partial charge on any atom is -0.480 e. The van der Waals surface area contributed by atoms with Crippen LogP contribution in [0.25, 0.3) is 10.9 Å². The van der Waals surface area contributed by atoms with E-state index < -0.39 is 21.8 Å². The van der Waals surface area contributed by atoms with Gasteiger partial charge >= 0.3 is 5.97 Å². The molecular formula is C22H21FN2O4S2. The van der Waals surface area contributed by atoms with E-state index in [1.807, 2.05) is 28.8 Å². The van der Waals surface area contributed by atoms with Crippen molar-refractivity contribution >= 4 is 38.7 Å². The van der Waals surface area contributed by atoms with Gasteiger partial charge in [-0.15, -0.1) is 11.8 Å². The maximum Gasteiger partial charge on any atom is 0.323 e. The van der Waals surface area contributed by atoms with E-state index in [4.69, 9.17) is 0 Å². The summed E-state index contributed by atoms with van der Waals surface area (Å²) in [6.07, 6.45) is 2.15. The van der Waals surface area contributed by atoms with E-state index in [0.29, 0.717) is 12.2 Å². The van der Waals surface area contributed by atoms with Crippen molar-refractivity contribution in [3.8, 4) is 0 Å². The Bertz CT molecular complexity index is 1270. The molecule has 2 aliphatic rings. The maximum atomic E-state index is 13.5. The molecule has 1 atom stereocenters. The van der Waals surface area contributed by atoms with Crippen LogP contribution in [-0.4, -0.2) is 46.2 Å². The van der Waals surface area contributed by atoms with Crippen LogP contribution < -0.4 is 0 Å². The van der Waals surface area contributed by atoms with E-state index in [1.165, 1.54) is 36.0 Å². The second-order valence-corrected chi connectivity index (χ2v) is 10.8. The molecule has 1 unspecified atom stereocenters. The smallest absolute Gasteiger partial charge is 0.323 e. The van der Waals surface area contributed by atoms with Gasteiger partial charge in [-0.25, -0.2) is 12.8 Å². The topological polar surface area (TPSA) is 79.6 Å². The Morgan fingerprint density at radius 3 is 2.52 bits per heavy atom. The first kappa shape index (κ1) is 20.5. The van der Waals surface area contributed by atoms with E-state index in [1.54, 1.807) is 4.31 Å². The van der Waals surface area contributed by atoms with Gasteiger partial charge in [-0.05, 0) is 55.2 Å². The van der Waals surface area contributed by atoms with Gasteiger partial charge in [-0.3, -0.25) is 4.79 Å². The average Bonchev–Trinajstić information content (AvgIpc) is 3.52. The molecule has 5 rings (SSSR count). The largest absolute Gasteiger partial charge is 0.480 e. The number of thioether (sulfide) groups is 1. The minimum atomic E-state index is -3.77. The molecule has 0 saturated heterocycles. The summed E-state index contributed by atoms with van der Waals surface area (Å²) in [5.74, 6) is -0.842. The molecule has 3 aromatic rings. The van der Waals surface area contributed by atoms with Gasteiger partial charge in [0.25, 0.3) is 0 Å². The summed E-state index contributed by atoms with van der Waals surface area (Å²) in [4.78, 5) is 11.5. The van der Waals surface area contributed by atoms with Gasteiger partial charge in [0, 0.05) is 28.7 Å². The van der Waals surface area contributed by atoms with Crippen LogP contribution in [0.2, 0.25) is 0 Å². The highest BCUT2D eigenvalue weighted by atomic mass is 32.2. The number of fused-ring (bicyclic) bond motifs is 3. The molecule has 1 aliphatic heterocycles. The van der Waals surface area contributed by atoms with Crippen molar-refractivity contribution in [2.75, 3.05) is 5.75 Å². The number of carboxylic acids is 1. The van der Waals surface area contributed by atoms with E-state index in [9.17, 15) is 22.7 Å². The predicted molar refractivity (Wildman–Crippen MR) is 116 cm³/mol. The summed E-state index contributed by atoms with van der Waals surface area (Å²) >= 11 is 1.51. The van der Waals surface area contributed by atoms with E-state index in [2.05, 4.69) is 0 Å². The molecule has 1 N–H and O–H groups in total. The summed E-state index contributed by atoms with van der Waals surface area (Å²) in [6, 6.07) is 12.3. The number of nitrogens with zero attached hydrogens (tertiary/aromatic N) is 2. The molecule has 9 heteroatoms. The van der Waals surface area contributed by atoms with Crippen LogP contribution in [0.1, 0.15) is 18.4 Å². The van der Waals surface area contributed by atoms with Gasteiger partial charge in [-0.2, -0.15) is 4.31 Å². The third kappa shape index (κ3) is 3.64. The summed E-state index contributed by atoms with van der Waals surface area (Å²) in [5.41, 5.74) is 1.85. The lowest BCUT2D eigenvalue weighted by atomic mass is 10.1. The third-order valence-corrected chi connectivity index (χ3v) is 9.14. The number of carboxylic acid groups (broad SMARTS) is 1. The maximum absolute atomic E-state index is 13.5. The molecule has 1 saturated carbocycles. The highest BCUT2D eigenvalue weighted by Crippen LogP contribution is 2.43. The van der Waals surface area contributed by atoms with Crippen LogP contribution in [0.4, 0.5) is 4.39 Å². The van der Waals surface area contributed by atoms with Gasteiger partial charge < -0.3 is 9.67 Å². The van der Waals surface area contributed by atoms with Crippen LogP contribution in [0.15, 0.2) is 58.5 Å². The molecule has 2 heterocycles. The Morgan fingerprint density at radius 1 is 1.13 bits per heavy atom. The predicted octanol–water partition coefficient (Wildman–Crippen LogP) is 3.74. The molecule has 1 aromatic heterocycles. The van der Waals surface area contributed by atoms with Crippen molar-refractivity contribution in [1.82, 2.24) is 8.87 Å². The zero-order chi connectivity index (χ0) is 21.8. The number of aliphatic carboxylic acids is 1. The molecule has 162 valence electrons. The Kier molecular flexibility index (Phi) is 5.07. The second kappa shape index (κ2) is 7.65. The van der Waals surface area contributed by atoms with Crippen LogP contribution in [0, 0.1) is 5.82 Å². The fourth-order valence-corrected chi connectivity index (χ4v) is 7.66. The summed E-state index contributed by atoms with van der Waals surface area (Å²) < 4.78 is 43.7. The number of hydrogen-bond acceptors (Lipinski definition) is 4. The van der Waals surface area contributed by atoms with Crippen molar-refractivity contribution in [1.29, 1.82) is 0 Å². The molecular weight excluding hydrogens is 439 g/mol. The fraction of sp³-hybridized carbons (Fsp3) is 0.318. The zero-order valence-electron chi connectivity index (χ0n) is 16.6. The van der Waals surface area contributed by atoms with Crippen molar-refractivity contribution in [3.63, 3.8) is 0 Å². The Hall–Kier alpha value is -2.36. The van der Waals surface area contributed by atoms with Gasteiger partial charge in [0.1, 0.15) is 12.4 Å². The standard InChI is InChI=1S/C22H21FN2O4S2/c23-14-5-9-17(10-6-14)31(28,29)25(15-7-8-15)16-11-19-18-3-1-2-4-20(18)24(12-21(26)27)22(19)30-13-16/h1-6,9-10,15-16H,7-8,11-13H2,(H,26,27). The first-order chi connectivity index (χ1) is 14.9. The number of benzene rings is 2. The number of halogens is 1. The molecule has 31 heavy (non-hydrogen) atoms. The van der Waals surface area contributed by atoms with Gasteiger partial charge in [0.2, 0.25) is 10.0 Å². The molecule has 0 radical (unpaired) electrons. The van der Waals surface area contributed by atoms with E-state index in [-0.39, 0.29) is 23.5 Å². The Balaban J connectivity index is 1.55. The second-order valence-electron chi connectivity index (χ2n) is 7.97. The molecule has 1 fully saturated rings. The van der Waals surface area contributed by atoms with E-state index in [0.717, 1.165) is 34.3 Å². The first-order valence-electron chi connectivity index (χ1n) is 10.1. The molecule has 2 aromatic carbocycles. The van der Waals surface area contributed by atoms with Crippen molar-refractivity contribution in [2.24, 2.45) is 0 Å². The monoisotopic (exact) mass is 460 g/mol. The molecule has 0 bridgehead atoms. The van der Waals surface area contributed by atoms with Gasteiger partial charge in [-0.1, -0.05) is 18.2 Å². The van der Waals surface area contributed by atoms with Crippen molar-refractivity contribution < 1.29 is 22.7 Å². The fourth-order valence-electron chi connectivity index (χ4n) is 4.39. The quantitative estimate of drug-likeness (QED) is 0.606. The third-order valence-electron chi connectivity index (χ3n) is 5.82. The highest BCUT2D eigenvalue weighted by Gasteiger charge is 2.44. The number of aromatic nitrogens is 1. The number of sulfonamides is 1. The highest BCUT2D eigenvalue weighted by molar-refractivity contribution is 7.99. The normalized spacial score (nSPS) is 19.0. The zero-order valence-corrected chi connectivity index (χ0v) is 18.2. The lowest BCUT2D eigenvalue weighted by molar-refractivity contribution is -0.137. The number of carbonyl (C=O) groups is 1. The number of rotatable bonds is 6. The Morgan fingerprint density at radius 2 is 1.84 bits per heavy atom.